The summed E-state index contributed by atoms with van der Waals surface area (Å²) in [6.07, 6.45) is 4.80. The van der Waals surface area contributed by atoms with Gasteiger partial charge >= 0.3 is 5.97 Å². The predicted octanol–water partition coefficient (Wildman–Crippen LogP) is 1.04. The molecule has 3 heteroatoms. The minimum atomic E-state index is -0.138. The Morgan fingerprint density at radius 3 is 3.00 bits per heavy atom. The quantitative estimate of drug-likeness (QED) is 0.578. The minimum absolute atomic E-state index is 0.138. The molecule has 0 N–H and O–H groups in total. The van der Waals surface area contributed by atoms with Gasteiger partial charge in [0.1, 0.15) is 6.10 Å². The molecule has 0 radical (unpaired) electrons. The van der Waals surface area contributed by atoms with Crippen LogP contribution >= 0.6 is 0 Å². The van der Waals surface area contributed by atoms with Crippen molar-refractivity contribution in [3.63, 3.8) is 0 Å². The number of carbonyl (C=O) groups excluding carboxylic acids is 1. The molecule has 0 aromatic carbocycles. The van der Waals surface area contributed by atoms with Crippen molar-refractivity contribution in [3.05, 3.63) is 11.6 Å². The molecule has 1 saturated carbocycles. The van der Waals surface area contributed by atoms with Crippen molar-refractivity contribution in [1.82, 2.24) is 0 Å². The number of hydrogen-bond acceptors (Lipinski definition) is 3. The van der Waals surface area contributed by atoms with Crippen LogP contribution in [0.15, 0.2) is 11.6 Å². The predicted molar refractivity (Wildman–Crippen MR) is 42.6 cm³/mol. The zero-order valence-electron chi connectivity index (χ0n) is 6.91. The Kier molecular flexibility index (Phi) is 2.13. The van der Waals surface area contributed by atoms with Crippen LogP contribution in [0, 0.1) is 0 Å². The van der Waals surface area contributed by atoms with E-state index < -0.39 is 0 Å². The van der Waals surface area contributed by atoms with Crippen molar-refractivity contribution in [2.24, 2.45) is 0 Å². The summed E-state index contributed by atoms with van der Waals surface area (Å²) in [5.74, 6) is -0.138. The molecule has 3 nitrogen and oxygen atoms in total. The average Bonchev–Trinajstić information content (AvgIpc) is 2.90. The van der Waals surface area contributed by atoms with E-state index in [9.17, 15) is 4.79 Å². The van der Waals surface area contributed by atoms with Gasteiger partial charge in [-0.15, -0.1) is 0 Å². The second-order valence-electron chi connectivity index (χ2n) is 3.16. The number of hydrogen-bond donors (Lipinski definition) is 0. The van der Waals surface area contributed by atoms with Crippen molar-refractivity contribution in [2.45, 2.75) is 25.4 Å². The normalized spacial score (nSPS) is 23.2. The van der Waals surface area contributed by atoms with Gasteiger partial charge in [0.2, 0.25) is 0 Å². The van der Waals surface area contributed by atoms with Gasteiger partial charge in [-0.1, -0.05) is 0 Å². The summed E-state index contributed by atoms with van der Waals surface area (Å²) in [7, 11) is 0. The summed E-state index contributed by atoms with van der Waals surface area (Å²) in [6.45, 7) is 1.20. The second kappa shape index (κ2) is 3.27. The van der Waals surface area contributed by atoms with E-state index in [0.29, 0.717) is 19.6 Å². The summed E-state index contributed by atoms with van der Waals surface area (Å²) in [4.78, 5) is 11.3. The summed E-state index contributed by atoms with van der Waals surface area (Å²) in [5, 5.41) is 0. The van der Waals surface area contributed by atoms with E-state index in [0.717, 1.165) is 18.4 Å². The lowest BCUT2D eigenvalue weighted by atomic mass is 10.1. The van der Waals surface area contributed by atoms with Crippen molar-refractivity contribution in [2.75, 3.05) is 13.2 Å². The number of esters is 1. The van der Waals surface area contributed by atoms with Gasteiger partial charge in [-0.25, -0.2) is 4.79 Å². The third-order valence-electron chi connectivity index (χ3n) is 2.02. The highest BCUT2D eigenvalue weighted by Gasteiger charge is 2.27. The van der Waals surface area contributed by atoms with Crippen molar-refractivity contribution in [1.29, 1.82) is 0 Å². The van der Waals surface area contributed by atoms with Gasteiger partial charge in [0.15, 0.2) is 0 Å². The number of carbonyl (C=O) groups is 1. The molecule has 0 saturated heterocycles. The zero-order chi connectivity index (χ0) is 8.39. The van der Waals surface area contributed by atoms with Crippen LogP contribution in [0.3, 0.4) is 0 Å². The van der Waals surface area contributed by atoms with Gasteiger partial charge in [0.25, 0.3) is 0 Å². The molecular formula is C9H12O3. The molecule has 0 atom stereocenters. The minimum Gasteiger partial charge on any atom is -0.459 e. The van der Waals surface area contributed by atoms with Gasteiger partial charge in [0.05, 0.1) is 13.2 Å². The summed E-state index contributed by atoms with van der Waals surface area (Å²) >= 11 is 0. The molecule has 0 bridgehead atoms. The van der Waals surface area contributed by atoms with Crippen LogP contribution in [-0.4, -0.2) is 25.3 Å². The maximum absolute atomic E-state index is 11.3. The molecule has 66 valence electrons. The number of ether oxygens (including phenoxy) is 2. The Labute approximate surface area is 71.3 Å². The molecule has 1 aliphatic heterocycles. The van der Waals surface area contributed by atoms with E-state index in [1.807, 2.05) is 6.08 Å². The highest BCUT2D eigenvalue weighted by molar-refractivity contribution is 5.88. The first kappa shape index (κ1) is 7.80. The summed E-state index contributed by atoms with van der Waals surface area (Å²) in [6, 6.07) is 0. The Morgan fingerprint density at radius 2 is 2.42 bits per heavy atom. The van der Waals surface area contributed by atoms with Crippen LogP contribution in [0.4, 0.5) is 0 Å². The Bertz CT molecular complexity index is 216. The Hall–Kier alpha value is -0.830. The average molecular weight is 168 g/mol. The van der Waals surface area contributed by atoms with E-state index in [1.165, 1.54) is 0 Å². The van der Waals surface area contributed by atoms with Gasteiger partial charge in [-0.05, 0) is 18.9 Å². The largest absolute Gasteiger partial charge is 0.459 e. The lowest BCUT2D eigenvalue weighted by Gasteiger charge is -2.12. The Morgan fingerprint density at radius 1 is 1.58 bits per heavy atom. The first-order chi connectivity index (χ1) is 5.86. The maximum Gasteiger partial charge on any atom is 0.334 e. The van der Waals surface area contributed by atoms with Crippen molar-refractivity contribution >= 4 is 5.97 Å². The third kappa shape index (κ3) is 1.85. The van der Waals surface area contributed by atoms with Gasteiger partial charge in [-0.3, -0.25) is 0 Å². The van der Waals surface area contributed by atoms with Crippen molar-refractivity contribution in [3.8, 4) is 0 Å². The number of rotatable bonds is 2. The maximum atomic E-state index is 11.3. The van der Waals surface area contributed by atoms with E-state index in [2.05, 4.69) is 0 Å². The van der Waals surface area contributed by atoms with E-state index >= 15 is 0 Å². The van der Waals surface area contributed by atoms with Crippen LogP contribution in [0.5, 0.6) is 0 Å². The summed E-state index contributed by atoms with van der Waals surface area (Å²) in [5.41, 5.74) is 0.785. The molecular weight excluding hydrogens is 156 g/mol. The molecule has 0 amide bonds. The molecule has 2 aliphatic rings. The third-order valence-corrected chi connectivity index (χ3v) is 2.02. The molecule has 0 aromatic rings. The standard InChI is InChI=1S/C9H12O3/c10-9(12-8-1-2-8)7-3-5-11-6-4-7/h3,8H,1-2,4-6H2. The second-order valence-corrected chi connectivity index (χ2v) is 3.16. The molecule has 12 heavy (non-hydrogen) atoms. The monoisotopic (exact) mass is 168 g/mol. The fourth-order valence-corrected chi connectivity index (χ4v) is 1.13. The molecule has 1 heterocycles. The van der Waals surface area contributed by atoms with E-state index in [1.54, 1.807) is 0 Å². The molecule has 2 rings (SSSR count). The molecule has 1 fully saturated rings. The van der Waals surface area contributed by atoms with Crippen LogP contribution in [0.1, 0.15) is 19.3 Å². The molecule has 0 unspecified atom stereocenters. The van der Waals surface area contributed by atoms with Crippen LogP contribution < -0.4 is 0 Å². The van der Waals surface area contributed by atoms with E-state index in [4.69, 9.17) is 9.47 Å². The van der Waals surface area contributed by atoms with Crippen LogP contribution in [0.25, 0.3) is 0 Å². The lowest BCUT2D eigenvalue weighted by Crippen LogP contribution is -2.15. The SMILES string of the molecule is O=C(OC1CC1)C1=CCOCC1. The molecule has 0 aromatic heterocycles. The molecule has 0 spiro atoms. The molecule has 1 aliphatic carbocycles. The highest BCUT2D eigenvalue weighted by Crippen LogP contribution is 2.25. The summed E-state index contributed by atoms with van der Waals surface area (Å²) < 4.78 is 10.2. The van der Waals surface area contributed by atoms with Crippen LogP contribution in [0.2, 0.25) is 0 Å². The topological polar surface area (TPSA) is 35.5 Å². The highest BCUT2D eigenvalue weighted by atomic mass is 16.5. The van der Waals surface area contributed by atoms with Gasteiger partial charge in [-0.2, -0.15) is 0 Å². The van der Waals surface area contributed by atoms with Crippen molar-refractivity contribution < 1.29 is 14.3 Å². The smallest absolute Gasteiger partial charge is 0.334 e. The first-order valence-corrected chi connectivity index (χ1v) is 4.34. The van der Waals surface area contributed by atoms with E-state index in [-0.39, 0.29) is 12.1 Å². The lowest BCUT2D eigenvalue weighted by molar-refractivity contribution is -0.140. The van der Waals surface area contributed by atoms with Gasteiger partial charge in [0, 0.05) is 12.0 Å². The first-order valence-electron chi connectivity index (χ1n) is 4.34. The zero-order valence-corrected chi connectivity index (χ0v) is 6.91. The fourth-order valence-electron chi connectivity index (χ4n) is 1.13. The fraction of sp³-hybridized carbons (Fsp3) is 0.667. The van der Waals surface area contributed by atoms with Crippen LogP contribution in [-0.2, 0) is 14.3 Å². The Balaban J connectivity index is 1.88. The van der Waals surface area contributed by atoms with Gasteiger partial charge < -0.3 is 9.47 Å².